The zero-order valence-electron chi connectivity index (χ0n) is 8.95. The lowest BCUT2D eigenvalue weighted by Gasteiger charge is -2.19. The van der Waals surface area contributed by atoms with Crippen LogP contribution in [0.15, 0.2) is 0 Å². The number of ether oxygens (including phenoxy) is 1. The predicted octanol–water partition coefficient (Wildman–Crippen LogP) is 0.974. The third-order valence-corrected chi connectivity index (χ3v) is 3.42. The number of methoxy groups -OCH3 is 1. The van der Waals surface area contributed by atoms with Crippen LogP contribution in [0.4, 0.5) is 0 Å². The molecular formula is C11H16N2O2. The zero-order valence-corrected chi connectivity index (χ0v) is 8.95. The van der Waals surface area contributed by atoms with Crippen molar-refractivity contribution in [3.8, 4) is 6.07 Å². The van der Waals surface area contributed by atoms with Crippen LogP contribution in [0.25, 0.3) is 0 Å². The number of hydrogen-bond acceptors (Lipinski definition) is 3. The van der Waals surface area contributed by atoms with Crippen LogP contribution in [0.5, 0.6) is 0 Å². The fourth-order valence-electron chi connectivity index (χ4n) is 2.23. The number of amides is 1. The Morgan fingerprint density at radius 3 is 2.80 bits per heavy atom. The highest BCUT2D eigenvalue weighted by Gasteiger charge is 2.46. The molecule has 4 nitrogen and oxygen atoms in total. The molecule has 0 bridgehead atoms. The topological polar surface area (TPSA) is 62.1 Å². The van der Waals surface area contributed by atoms with Gasteiger partial charge in [0.2, 0.25) is 5.91 Å². The van der Waals surface area contributed by atoms with Crippen molar-refractivity contribution in [2.45, 2.75) is 43.7 Å². The molecule has 4 heteroatoms. The molecule has 0 heterocycles. The van der Waals surface area contributed by atoms with Crippen molar-refractivity contribution in [3.05, 3.63) is 0 Å². The van der Waals surface area contributed by atoms with Gasteiger partial charge in [-0.2, -0.15) is 5.26 Å². The quantitative estimate of drug-likeness (QED) is 0.751. The number of nitrogens with zero attached hydrogens (tertiary/aromatic N) is 1. The van der Waals surface area contributed by atoms with Crippen molar-refractivity contribution >= 4 is 5.91 Å². The van der Waals surface area contributed by atoms with Gasteiger partial charge < -0.3 is 10.1 Å². The predicted molar refractivity (Wildman–Crippen MR) is 53.9 cm³/mol. The maximum absolute atomic E-state index is 11.9. The Kier molecular flexibility index (Phi) is 2.66. The van der Waals surface area contributed by atoms with E-state index in [1.807, 2.05) is 0 Å². The fourth-order valence-corrected chi connectivity index (χ4v) is 2.23. The standard InChI is InChI=1S/C11H16N2O2/c1-15-9-4-2-3-8(9)10(14)13-11(7-12)5-6-11/h8-9H,2-6H2,1H3,(H,13,14)/t8-,9-/m0/s1. The molecule has 2 fully saturated rings. The molecule has 15 heavy (non-hydrogen) atoms. The van der Waals surface area contributed by atoms with Gasteiger partial charge >= 0.3 is 0 Å². The van der Waals surface area contributed by atoms with E-state index in [0.717, 1.165) is 32.1 Å². The number of rotatable bonds is 3. The molecular weight excluding hydrogens is 192 g/mol. The average molecular weight is 208 g/mol. The second kappa shape index (κ2) is 3.82. The van der Waals surface area contributed by atoms with Crippen molar-refractivity contribution in [1.82, 2.24) is 5.32 Å². The van der Waals surface area contributed by atoms with Crippen molar-refractivity contribution in [2.24, 2.45) is 5.92 Å². The van der Waals surface area contributed by atoms with Gasteiger partial charge in [-0.3, -0.25) is 4.79 Å². The molecule has 1 amide bonds. The first-order chi connectivity index (χ1) is 7.21. The van der Waals surface area contributed by atoms with E-state index in [1.54, 1.807) is 7.11 Å². The van der Waals surface area contributed by atoms with Crippen molar-refractivity contribution in [2.75, 3.05) is 7.11 Å². The molecule has 0 saturated heterocycles. The van der Waals surface area contributed by atoms with E-state index in [9.17, 15) is 4.79 Å². The average Bonchev–Trinajstić information content (AvgIpc) is 2.85. The molecule has 2 rings (SSSR count). The summed E-state index contributed by atoms with van der Waals surface area (Å²) in [6.45, 7) is 0. The molecule has 0 unspecified atom stereocenters. The van der Waals surface area contributed by atoms with Crippen molar-refractivity contribution in [1.29, 1.82) is 5.26 Å². The Balaban J connectivity index is 1.93. The second-order valence-electron chi connectivity index (χ2n) is 4.49. The van der Waals surface area contributed by atoms with Crippen LogP contribution >= 0.6 is 0 Å². The summed E-state index contributed by atoms with van der Waals surface area (Å²) < 4.78 is 5.27. The van der Waals surface area contributed by atoms with Gasteiger partial charge in [-0.15, -0.1) is 0 Å². The van der Waals surface area contributed by atoms with Crippen LogP contribution in [-0.4, -0.2) is 24.7 Å². The summed E-state index contributed by atoms with van der Waals surface area (Å²) >= 11 is 0. The number of carbonyl (C=O) groups excluding carboxylic acids is 1. The number of nitriles is 1. The molecule has 0 aromatic heterocycles. The number of hydrogen-bond donors (Lipinski definition) is 1. The summed E-state index contributed by atoms with van der Waals surface area (Å²) in [5, 5.41) is 11.7. The zero-order chi connectivity index (χ0) is 10.9. The third-order valence-electron chi connectivity index (χ3n) is 3.42. The van der Waals surface area contributed by atoms with Gasteiger partial charge in [0.05, 0.1) is 18.1 Å². The van der Waals surface area contributed by atoms with Crippen molar-refractivity contribution in [3.63, 3.8) is 0 Å². The Hall–Kier alpha value is -1.08. The van der Waals surface area contributed by atoms with Crippen LogP contribution in [-0.2, 0) is 9.53 Å². The van der Waals surface area contributed by atoms with Gasteiger partial charge in [-0.25, -0.2) is 0 Å². The SMILES string of the molecule is CO[C@H]1CCC[C@@H]1C(=O)NC1(C#N)CC1. The van der Waals surface area contributed by atoms with Gasteiger partial charge in [-0.05, 0) is 32.1 Å². The summed E-state index contributed by atoms with van der Waals surface area (Å²) in [6.07, 6.45) is 4.49. The summed E-state index contributed by atoms with van der Waals surface area (Å²) in [5.41, 5.74) is -0.544. The molecule has 1 N–H and O–H groups in total. The van der Waals surface area contributed by atoms with E-state index >= 15 is 0 Å². The Bertz CT molecular complexity index is 304. The first kappa shape index (κ1) is 10.4. The molecule has 2 saturated carbocycles. The lowest BCUT2D eigenvalue weighted by Crippen LogP contribution is -2.42. The lowest BCUT2D eigenvalue weighted by atomic mass is 10.0. The van der Waals surface area contributed by atoms with Crippen LogP contribution in [0, 0.1) is 17.2 Å². The van der Waals surface area contributed by atoms with E-state index in [0.29, 0.717) is 0 Å². The second-order valence-corrected chi connectivity index (χ2v) is 4.49. The minimum atomic E-state index is -0.544. The van der Waals surface area contributed by atoms with Crippen molar-refractivity contribution < 1.29 is 9.53 Å². The first-order valence-electron chi connectivity index (χ1n) is 5.47. The maximum atomic E-state index is 11.9. The number of carbonyl (C=O) groups is 1. The van der Waals surface area contributed by atoms with Crippen LogP contribution in [0.2, 0.25) is 0 Å². The normalized spacial score (nSPS) is 32.0. The van der Waals surface area contributed by atoms with E-state index in [1.165, 1.54) is 0 Å². The smallest absolute Gasteiger partial charge is 0.226 e. The van der Waals surface area contributed by atoms with E-state index in [4.69, 9.17) is 10.00 Å². The van der Waals surface area contributed by atoms with Gasteiger partial charge in [0.1, 0.15) is 5.54 Å². The summed E-state index contributed by atoms with van der Waals surface area (Å²) in [5.74, 6) is -0.0563. The summed E-state index contributed by atoms with van der Waals surface area (Å²) in [7, 11) is 1.65. The monoisotopic (exact) mass is 208 g/mol. The third kappa shape index (κ3) is 1.98. The highest BCUT2D eigenvalue weighted by molar-refractivity contribution is 5.81. The molecule has 0 radical (unpaired) electrons. The van der Waals surface area contributed by atoms with Gasteiger partial charge in [0.15, 0.2) is 0 Å². The summed E-state index contributed by atoms with van der Waals surface area (Å²) in [6, 6.07) is 2.17. The molecule has 2 atom stereocenters. The van der Waals surface area contributed by atoms with Gasteiger partial charge in [0, 0.05) is 7.11 Å². The Morgan fingerprint density at radius 1 is 1.53 bits per heavy atom. The molecule has 0 spiro atoms. The highest BCUT2D eigenvalue weighted by atomic mass is 16.5. The fraction of sp³-hybridized carbons (Fsp3) is 0.818. The van der Waals surface area contributed by atoms with E-state index in [2.05, 4.69) is 11.4 Å². The van der Waals surface area contributed by atoms with E-state index in [-0.39, 0.29) is 17.9 Å². The van der Waals surface area contributed by atoms with E-state index < -0.39 is 5.54 Å². The first-order valence-corrected chi connectivity index (χ1v) is 5.47. The summed E-state index contributed by atoms with van der Waals surface area (Å²) in [4.78, 5) is 11.9. The van der Waals surface area contributed by atoms with Crippen LogP contribution in [0.1, 0.15) is 32.1 Å². The maximum Gasteiger partial charge on any atom is 0.226 e. The molecule has 2 aliphatic carbocycles. The van der Waals surface area contributed by atoms with Crippen LogP contribution in [0.3, 0.4) is 0 Å². The molecule has 0 aromatic rings. The largest absolute Gasteiger partial charge is 0.381 e. The van der Waals surface area contributed by atoms with Gasteiger partial charge in [0.25, 0.3) is 0 Å². The molecule has 0 aromatic carbocycles. The lowest BCUT2D eigenvalue weighted by molar-refractivity contribution is -0.128. The Morgan fingerprint density at radius 2 is 2.27 bits per heavy atom. The van der Waals surface area contributed by atoms with Gasteiger partial charge in [-0.1, -0.05) is 0 Å². The minimum Gasteiger partial charge on any atom is -0.381 e. The van der Waals surface area contributed by atoms with Crippen LogP contribution < -0.4 is 5.32 Å². The highest BCUT2D eigenvalue weighted by Crippen LogP contribution is 2.36. The molecule has 82 valence electrons. The molecule has 0 aliphatic heterocycles. The minimum absolute atomic E-state index is 0.00148. The molecule has 2 aliphatic rings. The number of nitrogens with one attached hydrogen (secondary N) is 1. The Labute approximate surface area is 89.6 Å².